The second-order valence-electron chi connectivity index (χ2n) is 7.50. The predicted octanol–water partition coefficient (Wildman–Crippen LogP) is 6.22. The average molecular weight is 493 g/mol. The number of alkyl halides is 1. The van der Waals surface area contributed by atoms with Crippen LogP contribution in [0.25, 0.3) is 11.1 Å². The van der Waals surface area contributed by atoms with Crippen LogP contribution in [0.3, 0.4) is 0 Å². The first-order valence-electron chi connectivity index (χ1n) is 10.5. The third-order valence-corrected chi connectivity index (χ3v) is 5.96. The number of methoxy groups -OCH3 is 2. The summed E-state index contributed by atoms with van der Waals surface area (Å²) in [6, 6.07) is 21.2. The van der Waals surface area contributed by atoms with E-state index in [0.717, 1.165) is 63.3 Å². The van der Waals surface area contributed by atoms with Crippen molar-refractivity contribution in [1.82, 2.24) is 0 Å². The summed E-state index contributed by atoms with van der Waals surface area (Å²) < 4.78 is 16.5. The van der Waals surface area contributed by atoms with E-state index < -0.39 is 0 Å². The summed E-state index contributed by atoms with van der Waals surface area (Å²) in [4.78, 5) is 13.8. The van der Waals surface area contributed by atoms with E-state index in [4.69, 9.17) is 14.2 Å². The van der Waals surface area contributed by atoms with Crippen LogP contribution >= 0.6 is 15.9 Å². The number of hydrogen-bond acceptors (Lipinski definition) is 4. The normalized spacial score (nSPS) is 12.8. The molecule has 1 aliphatic carbocycles. The Kier molecular flexibility index (Phi) is 6.96. The fourth-order valence-corrected chi connectivity index (χ4v) is 4.22. The van der Waals surface area contributed by atoms with Gasteiger partial charge in [-0.3, -0.25) is 4.79 Å². The van der Waals surface area contributed by atoms with E-state index in [0.29, 0.717) is 12.2 Å². The van der Waals surface area contributed by atoms with E-state index in [2.05, 4.69) is 15.9 Å². The molecule has 0 amide bonds. The molecule has 0 unspecified atom stereocenters. The number of rotatable bonds is 8. The maximum atomic E-state index is 13.8. The lowest BCUT2D eigenvalue weighted by molar-refractivity contribution is 0.105. The molecule has 4 nitrogen and oxygen atoms in total. The zero-order valence-electron chi connectivity index (χ0n) is 18.2. The fraction of sp³-hybridized carbons (Fsp3) is 0.222. The maximum absolute atomic E-state index is 13.8. The van der Waals surface area contributed by atoms with Gasteiger partial charge in [-0.25, -0.2) is 0 Å². The molecule has 3 aromatic carbocycles. The van der Waals surface area contributed by atoms with E-state index >= 15 is 0 Å². The molecule has 1 aliphatic rings. The number of hydrogen-bond donors (Lipinski definition) is 0. The highest BCUT2D eigenvalue weighted by Crippen LogP contribution is 2.40. The minimum atomic E-state index is 0.000906. The molecule has 0 saturated heterocycles. The van der Waals surface area contributed by atoms with Gasteiger partial charge in [0.15, 0.2) is 5.78 Å². The number of ether oxygens (including phenoxy) is 3. The third-order valence-electron chi connectivity index (χ3n) is 5.64. The number of allylic oxidation sites excluding steroid dienone is 2. The van der Waals surface area contributed by atoms with E-state index in [9.17, 15) is 4.79 Å². The van der Waals surface area contributed by atoms with Crippen molar-refractivity contribution in [2.24, 2.45) is 0 Å². The molecule has 0 atom stereocenters. The zero-order chi connectivity index (χ0) is 22.5. The van der Waals surface area contributed by atoms with Crippen LogP contribution in [0.2, 0.25) is 0 Å². The Balaban J connectivity index is 1.82. The van der Waals surface area contributed by atoms with Crippen molar-refractivity contribution in [3.05, 3.63) is 89.0 Å². The van der Waals surface area contributed by atoms with Gasteiger partial charge in [-0.15, -0.1) is 0 Å². The summed E-state index contributed by atoms with van der Waals surface area (Å²) in [5.74, 6) is 2.32. The first-order chi connectivity index (χ1) is 15.6. The molecule has 4 rings (SSSR count). The highest BCUT2D eigenvalue weighted by Gasteiger charge is 2.26. The Morgan fingerprint density at radius 2 is 1.59 bits per heavy atom. The average Bonchev–Trinajstić information content (AvgIpc) is 2.86. The first-order valence-corrected chi connectivity index (χ1v) is 11.6. The molecule has 0 bridgehead atoms. The van der Waals surface area contributed by atoms with E-state index in [-0.39, 0.29) is 5.78 Å². The zero-order valence-corrected chi connectivity index (χ0v) is 19.8. The Labute approximate surface area is 197 Å². The van der Waals surface area contributed by atoms with Crippen LogP contribution in [0.5, 0.6) is 17.2 Å². The monoisotopic (exact) mass is 492 g/mol. The Morgan fingerprint density at radius 3 is 2.31 bits per heavy atom. The summed E-state index contributed by atoms with van der Waals surface area (Å²) in [7, 11) is 3.31. The predicted molar refractivity (Wildman–Crippen MR) is 131 cm³/mol. The van der Waals surface area contributed by atoms with Gasteiger partial charge in [0.2, 0.25) is 0 Å². The molecule has 0 aliphatic heterocycles. The molecule has 32 heavy (non-hydrogen) atoms. The minimum Gasteiger partial charge on any atom is -0.497 e. The molecule has 0 aromatic heterocycles. The summed E-state index contributed by atoms with van der Waals surface area (Å²) in [6.07, 6.45) is 1.61. The van der Waals surface area contributed by atoms with Crippen LogP contribution in [0.1, 0.15) is 33.5 Å². The Bertz CT molecular complexity index is 1150. The Morgan fingerprint density at radius 1 is 0.875 bits per heavy atom. The highest BCUT2D eigenvalue weighted by molar-refractivity contribution is 9.09. The molecular weight excluding hydrogens is 468 g/mol. The van der Waals surface area contributed by atoms with Crippen LogP contribution in [-0.4, -0.2) is 31.9 Å². The second kappa shape index (κ2) is 10.0. The van der Waals surface area contributed by atoms with Crippen molar-refractivity contribution in [3.63, 3.8) is 0 Å². The number of halogens is 1. The number of ketones is 1. The molecule has 164 valence electrons. The lowest BCUT2D eigenvalue weighted by Crippen LogP contribution is -2.13. The molecular formula is C27H25BrO4. The van der Waals surface area contributed by atoms with Crippen LogP contribution in [0, 0.1) is 0 Å². The minimum absolute atomic E-state index is 0.000906. The van der Waals surface area contributed by atoms with Crippen molar-refractivity contribution >= 4 is 32.9 Å². The van der Waals surface area contributed by atoms with Gasteiger partial charge in [-0.2, -0.15) is 0 Å². The number of aryl methyl sites for hydroxylation is 1. The van der Waals surface area contributed by atoms with Gasteiger partial charge in [0.1, 0.15) is 17.2 Å². The summed E-state index contributed by atoms with van der Waals surface area (Å²) in [6.45, 7) is 0.577. The van der Waals surface area contributed by atoms with Crippen LogP contribution in [0.4, 0.5) is 0 Å². The van der Waals surface area contributed by atoms with Crippen molar-refractivity contribution in [1.29, 1.82) is 0 Å². The molecule has 0 fully saturated rings. The van der Waals surface area contributed by atoms with Gasteiger partial charge >= 0.3 is 0 Å². The topological polar surface area (TPSA) is 44.8 Å². The lowest BCUT2D eigenvalue weighted by Gasteiger charge is -2.24. The van der Waals surface area contributed by atoms with E-state index in [1.165, 1.54) is 0 Å². The van der Waals surface area contributed by atoms with Gasteiger partial charge < -0.3 is 14.2 Å². The van der Waals surface area contributed by atoms with Gasteiger partial charge in [0.25, 0.3) is 0 Å². The quantitative estimate of drug-likeness (QED) is 0.276. The largest absolute Gasteiger partial charge is 0.497 e. The maximum Gasteiger partial charge on any atom is 0.193 e. The third kappa shape index (κ3) is 4.58. The first kappa shape index (κ1) is 22.2. The molecule has 0 radical (unpaired) electrons. The molecule has 5 heteroatoms. The van der Waals surface area contributed by atoms with Crippen LogP contribution in [0.15, 0.2) is 66.7 Å². The van der Waals surface area contributed by atoms with Crippen molar-refractivity contribution < 1.29 is 19.0 Å². The number of benzene rings is 3. The molecule has 0 saturated carbocycles. The number of fused-ring (bicyclic) bond motifs is 1. The van der Waals surface area contributed by atoms with Gasteiger partial charge in [-0.1, -0.05) is 34.1 Å². The van der Waals surface area contributed by atoms with Crippen molar-refractivity contribution in [2.45, 2.75) is 12.8 Å². The lowest BCUT2D eigenvalue weighted by atomic mass is 9.79. The molecule has 0 N–H and O–H groups in total. The number of carbonyl (C=O) groups is 1. The molecule has 0 heterocycles. The van der Waals surface area contributed by atoms with Crippen molar-refractivity contribution in [2.75, 3.05) is 26.2 Å². The van der Waals surface area contributed by atoms with Gasteiger partial charge in [0, 0.05) is 16.5 Å². The summed E-state index contributed by atoms with van der Waals surface area (Å²) >= 11 is 3.36. The summed E-state index contributed by atoms with van der Waals surface area (Å²) in [5, 5.41) is 0.755. The van der Waals surface area contributed by atoms with E-state index in [1.807, 2.05) is 66.7 Å². The molecule has 3 aromatic rings. The van der Waals surface area contributed by atoms with Crippen LogP contribution in [-0.2, 0) is 6.42 Å². The van der Waals surface area contributed by atoms with E-state index in [1.54, 1.807) is 14.2 Å². The molecule has 0 spiro atoms. The van der Waals surface area contributed by atoms with Crippen molar-refractivity contribution in [3.8, 4) is 17.2 Å². The summed E-state index contributed by atoms with van der Waals surface area (Å²) in [5.41, 5.74) is 5.49. The fourth-order valence-electron chi connectivity index (χ4n) is 4.06. The van der Waals surface area contributed by atoms with Gasteiger partial charge in [-0.05, 0) is 83.6 Å². The van der Waals surface area contributed by atoms with Gasteiger partial charge in [0.05, 0.1) is 20.8 Å². The smallest absolute Gasteiger partial charge is 0.193 e. The SMILES string of the molecule is COc1cccc(C2=C(C(=O)c3ccc(OCCBr)cc3)c3ccc(OC)cc3CC2)c1. The standard InChI is InChI=1S/C27H25BrO4/c1-30-22-5-3-4-19(16-22)24-12-8-20-17-23(31-2)11-13-25(20)26(24)27(29)18-6-9-21(10-7-18)32-15-14-28/h3-7,9-11,13,16-17H,8,12,14-15H2,1-2H3. The highest BCUT2D eigenvalue weighted by atomic mass is 79.9. The second-order valence-corrected chi connectivity index (χ2v) is 8.29. The number of carbonyl (C=O) groups excluding carboxylic acids is 1. The Hall–Kier alpha value is -3.05. The van der Waals surface area contributed by atoms with Crippen LogP contribution < -0.4 is 14.2 Å². The number of Topliss-reactive ketones (excluding diaryl/α,β-unsaturated/α-hetero) is 1.